The third-order valence-corrected chi connectivity index (χ3v) is 9.11. The van der Waals surface area contributed by atoms with Gasteiger partial charge in [-0.15, -0.1) is 0 Å². The molecule has 4 heteroatoms. The Balaban J connectivity index is 2.67. The van der Waals surface area contributed by atoms with Crippen LogP contribution in [0, 0.1) is 5.82 Å². The molecule has 1 aromatic carbocycles. The molecule has 0 fully saturated rings. The minimum atomic E-state index is -1.76. The second kappa shape index (κ2) is 10.5. The summed E-state index contributed by atoms with van der Waals surface area (Å²) in [5, 5.41) is 1.11. The first-order chi connectivity index (χ1) is 10.1. The van der Waals surface area contributed by atoms with Crippen molar-refractivity contribution in [1.29, 1.82) is 0 Å². The Morgan fingerprint density at radius 3 is 2.52 bits per heavy atom. The molecule has 0 aliphatic rings. The van der Waals surface area contributed by atoms with E-state index in [-0.39, 0.29) is 5.82 Å². The zero-order valence-corrected chi connectivity index (χ0v) is 15.5. The van der Waals surface area contributed by atoms with Gasteiger partial charge < -0.3 is 0 Å². The molecule has 0 aliphatic heterocycles. The van der Waals surface area contributed by atoms with E-state index in [1.165, 1.54) is 31.4 Å². The molecule has 1 rings (SSSR count). The van der Waals surface area contributed by atoms with Gasteiger partial charge in [-0.3, -0.25) is 0 Å². The Morgan fingerprint density at radius 1 is 1.19 bits per heavy atom. The molecule has 0 amide bonds. The Morgan fingerprint density at radius 2 is 1.90 bits per heavy atom. The van der Waals surface area contributed by atoms with Crippen molar-refractivity contribution in [3.8, 4) is 0 Å². The average molecular weight is 375 g/mol. The van der Waals surface area contributed by atoms with Crippen LogP contribution in [0.25, 0.3) is 0 Å². The first kappa shape index (κ1) is 18.8. The number of halogens is 1. The molecule has 1 atom stereocenters. The number of benzene rings is 1. The zero-order chi connectivity index (χ0) is 15.6. The predicted molar refractivity (Wildman–Crippen MR) is 93.1 cm³/mol. The third-order valence-electron chi connectivity index (χ3n) is 3.38. The van der Waals surface area contributed by atoms with E-state index in [9.17, 15) is 4.39 Å². The van der Waals surface area contributed by atoms with Crippen LogP contribution in [0.4, 0.5) is 4.39 Å². The molecule has 0 spiro atoms. The Bertz CT molecular complexity index is 458. The normalized spacial score (nSPS) is 13.8. The van der Waals surface area contributed by atoms with E-state index >= 15 is 0 Å². The molecule has 118 valence electrons. The first-order valence-corrected chi connectivity index (χ1v) is 11.8. The van der Waals surface area contributed by atoms with Crippen LogP contribution in [-0.2, 0) is 4.52 Å². The van der Waals surface area contributed by atoms with E-state index in [2.05, 4.69) is 28.6 Å². The summed E-state index contributed by atoms with van der Waals surface area (Å²) in [6.45, 7) is 6.76. The maximum absolute atomic E-state index is 13.1. The second-order valence-corrected chi connectivity index (χ2v) is 11.5. The number of allylic oxidation sites excluding steroid dienone is 1. The Labute approximate surface area is 136 Å². The molecule has 0 aliphatic carbocycles. The molecule has 0 aromatic heterocycles. The van der Waals surface area contributed by atoms with Crippen molar-refractivity contribution >= 4 is 26.1 Å². The second-order valence-electron chi connectivity index (χ2n) is 5.20. The van der Waals surface area contributed by atoms with Gasteiger partial charge in [0.25, 0.3) is 0 Å². The van der Waals surface area contributed by atoms with Crippen LogP contribution in [0.2, 0.25) is 0 Å². The third kappa shape index (κ3) is 7.06. The molecule has 0 saturated heterocycles. The fourth-order valence-corrected chi connectivity index (χ4v) is 6.33. The fourth-order valence-electron chi connectivity index (χ4n) is 2.12. The summed E-state index contributed by atoms with van der Waals surface area (Å²) in [7, 11) is 0. The maximum atomic E-state index is 13.1. The van der Waals surface area contributed by atoms with Crippen LogP contribution in [0.15, 0.2) is 36.9 Å². The van der Waals surface area contributed by atoms with Crippen LogP contribution >= 0.6 is 5.74 Å². The summed E-state index contributed by atoms with van der Waals surface area (Å²) in [5.74, 6) is -0.195. The van der Waals surface area contributed by atoms with E-state index in [0.29, 0.717) is 0 Å². The number of hydrogen-bond donors (Lipinski definition) is 0. The molecular weight excluding hydrogens is 349 g/mol. The van der Waals surface area contributed by atoms with Crippen molar-refractivity contribution in [2.24, 2.45) is 0 Å². The van der Waals surface area contributed by atoms with Gasteiger partial charge in [0.1, 0.15) is 0 Å². The minimum absolute atomic E-state index is 0.195. The van der Waals surface area contributed by atoms with Crippen molar-refractivity contribution < 1.29 is 8.91 Å². The number of hydrogen-bond acceptors (Lipinski definition) is 1. The van der Waals surface area contributed by atoms with Crippen molar-refractivity contribution in [1.82, 2.24) is 0 Å². The summed E-state index contributed by atoms with van der Waals surface area (Å²) in [5.41, 5.74) is -1.76. The van der Waals surface area contributed by atoms with Crippen molar-refractivity contribution in [2.75, 3.05) is 12.8 Å². The van der Waals surface area contributed by atoms with E-state index in [1.54, 1.807) is 0 Å². The Hall–Kier alpha value is -0.201. The van der Waals surface area contributed by atoms with Gasteiger partial charge in [0, 0.05) is 0 Å². The number of unbranched alkanes of at least 4 members (excludes halogenated alkanes) is 4. The predicted octanol–water partition coefficient (Wildman–Crippen LogP) is 5.03. The average Bonchev–Trinajstić information content (AvgIpc) is 2.48. The fraction of sp³-hybridized carbons (Fsp3) is 0.529. The summed E-state index contributed by atoms with van der Waals surface area (Å²) >= 11 is 3.31. The molecule has 0 bridgehead atoms. The first-order valence-electron chi connectivity index (χ1n) is 7.73. The van der Waals surface area contributed by atoms with Gasteiger partial charge in [-0.25, -0.2) is 0 Å². The van der Waals surface area contributed by atoms with Gasteiger partial charge in [-0.05, 0) is 0 Å². The molecule has 0 saturated carbocycles. The van der Waals surface area contributed by atoms with Gasteiger partial charge in [0.2, 0.25) is 0 Å². The van der Waals surface area contributed by atoms with Crippen LogP contribution in [0.3, 0.4) is 0 Å². The molecule has 0 radical (unpaired) electrons. The van der Waals surface area contributed by atoms with E-state index in [4.69, 9.17) is 4.52 Å². The van der Waals surface area contributed by atoms with Gasteiger partial charge in [-0.2, -0.15) is 0 Å². The quantitative estimate of drug-likeness (QED) is 0.228. The van der Waals surface area contributed by atoms with E-state index in [0.717, 1.165) is 37.3 Å². The summed E-state index contributed by atoms with van der Waals surface area (Å²) < 4.78 is 19.4. The zero-order valence-electron chi connectivity index (χ0n) is 12.9. The number of rotatable bonds is 11. The standard InChI is InChI=1S/C17H26FOPSe/c1-3-5-7-8-14-19-20(21,15-9-6-4-2)17-12-10-16(18)11-13-17/h4,10-13H,2-3,5-9,14-15H2,1H3. The molecule has 0 heterocycles. The van der Waals surface area contributed by atoms with Crippen molar-refractivity contribution in [2.45, 2.75) is 45.4 Å². The molecule has 21 heavy (non-hydrogen) atoms. The molecule has 1 nitrogen and oxygen atoms in total. The van der Waals surface area contributed by atoms with Crippen LogP contribution in [-0.4, -0.2) is 27.9 Å². The topological polar surface area (TPSA) is 9.23 Å². The molecular formula is C17H26FOPSe. The van der Waals surface area contributed by atoms with Gasteiger partial charge >= 0.3 is 136 Å². The van der Waals surface area contributed by atoms with E-state index in [1.807, 2.05) is 18.2 Å². The molecule has 1 unspecified atom stereocenters. The summed E-state index contributed by atoms with van der Waals surface area (Å²) in [6, 6.07) is 6.77. The SMILES string of the molecule is C=CCCCP(=[Se])(OCCCCCC)c1ccc(F)cc1. The van der Waals surface area contributed by atoms with E-state index < -0.39 is 5.74 Å². The summed E-state index contributed by atoms with van der Waals surface area (Å²) in [6.07, 6.45) is 9.77. The monoisotopic (exact) mass is 376 g/mol. The molecule has 0 N–H and O–H groups in total. The van der Waals surface area contributed by atoms with Crippen molar-refractivity contribution in [3.63, 3.8) is 0 Å². The Kier molecular flexibility index (Phi) is 9.44. The van der Waals surface area contributed by atoms with Crippen LogP contribution < -0.4 is 5.30 Å². The molecule has 1 aromatic rings. The summed E-state index contributed by atoms with van der Waals surface area (Å²) in [4.78, 5) is 0. The van der Waals surface area contributed by atoms with Crippen LogP contribution in [0.1, 0.15) is 45.4 Å². The van der Waals surface area contributed by atoms with Gasteiger partial charge in [0.15, 0.2) is 0 Å². The van der Waals surface area contributed by atoms with Gasteiger partial charge in [-0.1, -0.05) is 0 Å². The van der Waals surface area contributed by atoms with Crippen LogP contribution in [0.5, 0.6) is 0 Å². The van der Waals surface area contributed by atoms with Crippen molar-refractivity contribution in [3.05, 3.63) is 42.7 Å². The van der Waals surface area contributed by atoms with Gasteiger partial charge in [0.05, 0.1) is 0 Å².